The Kier molecular flexibility index (Phi) is 4.80. The predicted molar refractivity (Wildman–Crippen MR) is 95.7 cm³/mol. The molecule has 2 N–H and O–H groups in total. The molecule has 2 aromatic heterocycles. The minimum absolute atomic E-state index is 0.174. The van der Waals surface area contributed by atoms with Crippen LogP contribution in [-0.4, -0.2) is 30.1 Å². The van der Waals surface area contributed by atoms with Crippen LogP contribution in [-0.2, 0) is 0 Å². The Morgan fingerprint density at radius 2 is 2.00 bits per heavy atom. The topological polar surface area (TPSA) is 93.3 Å². The van der Waals surface area contributed by atoms with Gasteiger partial charge >= 0.3 is 0 Å². The van der Waals surface area contributed by atoms with Crippen LogP contribution < -0.4 is 20.3 Å². The van der Waals surface area contributed by atoms with Crippen LogP contribution in [0.5, 0.6) is 11.5 Å². The van der Waals surface area contributed by atoms with Crippen molar-refractivity contribution in [3.63, 3.8) is 0 Å². The van der Waals surface area contributed by atoms with Crippen molar-refractivity contribution in [2.75, 3.05) is 19.5 Å². The largest absolute Gasteiger partial charge is 0.493 e. The summed E-state index contributed by atoms with van der Waals surface area (Å²) < 4.78 is 10.5. The highest BCUT2D eigenvalue weighted by Gasteiger charge is 2.14. The van der Waals surface area contributed by atoms with E-state index in [1.807, 2.05) is 6.07 Å². The lowest BCUT2D eigenvalue weighted by Gasteiger charge is -2.08. The lowest BCUT2D eigenvalue weighted by molar-refractivity contribution is 0.102. The zero-order chi connectivity index (χ0) is 17.8. The smallest absolute Gasteiger partial charge is 0.275 e. The van der Waals surface area contributed by atoms with Gasteiger partial charge in [0.05, 0.1) is 14.2 Å². The molecule has 1 amide bonds. The quantitative estimate of drug-likeness (QED) is 0.732. The van der Waals surface area contributed by atoms with Gasteiger partial charge in [-0.15, -0.1) is 11.3 Å². The number of methoxy groups -OCH3 is 2. The number of hydrogen-bond donors (Lipinski definition) is 2. The molecule has 0 fully saturated rings. The van der Waals surface area contributed by atoms with Crippen LogP contribution in [0.2, 0.25) is 0 Å². The molecule has 25 heavy (non-hydrogen) atoms. The van der Waals surface area contributed by atoms with Crippen molar-refractivity contribution >= 4 is 22.9 Å². The van der Waals surface area contributed by atoms with E-state index in [4.69, 9.17) is 9.47 Å². The summed E-state index contributed by atoms with van der Waals surface area (Å²) in [6.07, 6.45) is 1.50. The molecule has 0 bridgehead atoms. The number of carbonyl (C=O) groups excluding carboxylic acids is 1. The van der Waals surface area contributed by atoms with Gasteiger partial charge < -0.3 is 19.8 Å². The lowest BCUT2D eigenvalue weighted by atomic mass is 10.2. The number of H-pyrrole nitrogens is 1. The fraction of sp³-hybridized carbons (Fsp3) is 0.118. The maximum Gasteiger partial charge on any atom is 0.275 e. The Balaban J connectivity index is 1.84. The van der Waals surface area contributed by atoms with E-state index in [1.165, 1.54) is 23.6 Å². The molecule has 0 unspecified atom stereocenters. The molecular weight excluding hydrogens is 342 g/mol. The molecule has 0 aliphatic rings. The Hall–Kier alpha value is -3.13. The first kappa shape index (κ1) is 16.7. The highest BCUT2D eigenvalue weighted by atomic mass is 32.1. The molecule has 0 atom stereocenters. The second kappa shape index (κ2) is 7.18. The Bertz CT molecular complexity index is 964. The maximum atomic E-state index is 12.3. The Labute approximate surface area is 147 Å². The van der Waals surface area contributed by atoms with Crippen molar-refractivity contribution in [3.8, 4) is 22.1 Å². The van der Waals surface area contributed by atoms with Crippen LogP contribution in [0.1, 0.15) is 10.5 Å². The number of aromatic amines is 1. The average molecular weight is 357 g/mol. The normalized spacial score (nSPS) is 10.3. The summed E-state index contributed by atoms with van der Waals surface area (Å²) in [5.41, 5.74) is 0.844. The van der Waals surface area contributed by atoms with Gasteiger partial charge in [-0.2, -0.15) is 0 Å². The van der Waals surface area contributed by atoms with Crippen LogP contribution in [0.25, 0.3) is 10.6 Å². The molecule has 0 spiro atoms. The first-order valence-corrected chi connectivity index (χ1v) is 8.17. The number of thiazole rings is 1. The van der Waals surface area contributed by atoms with Crippen molar-refractivity contribution in [2.45, 2.75) is 0 Å². The molecule has 3 aromatic rings. The third-order valence-electron chi connectivity index (χ3n) is 3.43. The van der Waals surface area contributed by atoms with Gasteiger partial charge in [-0.05, 0) is 30.3 Å². The van der Waals surface area contributed by atoms with Crippen LogP contribution in [0.3, 0.4) is 0 Å². The average Bonchev–Trinajstić information content (AvgIpc) is 3.13. The molecule has 128 valence electrons. The zero-order valence-corrected chi connectivity index (χ0v) is 14.3. The van der Waals surface area contributed by atoms with Crippen molar-refractivity contribution in [1.82, 2.24) is 9.97 Å². The van der Waals surface area contributed by atoms with Gasteiger partial charge in [-0.3, -0.25) is 9.59 Å². The third-order valence-corrected chi connectivity index (χ3v) is 4.33. The van der Waals surface area contributed by atoms with E-state index in [-0.39, 0.29) is 16.9 Å². The summed E-state index contributed by atoms with van der Waals surface area (Å²) in [7, 11) is 3.12. The summed E-state index contributed by atoms with van der Waals surface area (Å²) >= 11 is 1.32. The molecule has 3 rings (SSSR count). The molecule has 0 aliphatic carbocycles. The van der Waals surface area contributed by atoms with Gasteiger partial charge in [0, 0.05) is 17.1 Å². The van der Waals surface area contributed by atoms with Crippen LogP contribution >= 0.6 is 11.3 Å². The number of ether oxygens (including phenoxy) is 2. The molecule has 0 radical (unpaired) electrons. The summed E-state index contributed by atoms with van der Waals surface area (Å²) in [6.45, 7) is 0. The number of carbonyl (C=O) groups is 1. The van der Waals surface area contributed by atoms with E-state index in [2.05, 4.69) is 15.3 Å². The van der Waals surface area contributed by atoms with Crippen molar-refractivity contribution < 1.29 is 14.3 Å². The van der Waals surface area contributed by atoms with Gasteiger partial charge in [-0.25, -0.2) is 4.98 Å². The second-order valence-corrected chi connectivity index (χ2v) is 5.83. The number of nitrogens with zero attached hydrogens (tertiary/aromatic N) is 1. The fourth-order valence-corrected chi connectivity index (χ4v) is 2.98. The number of nitrogens with one attached hydrogen (secondary N) is 2. The molecule has 0 saturated heterocycles. The first-order valence-electron chi connectivity index (χ1n) is 7.29. The number of benzene rings is 1. The summed E-state index contributed by atoms with van der Waals surface area (Å²) in [5, 5.41) is 4.85. The zero-order valence-electron chi connectivity index (χ0n) is 13.5. The second-order valence-electron chi connectivity index (χ2n) is 4.97. The van der Waals surface area contributed by atoms with Gasteiger partial charge in [-0.1, -0.05) is 0 Å². The van der Waals surface area contributed by atoms with E-state index in [0.717, 1.165) is 5.56 Å². The minimum Gasteiger partial charge on any atom is -0.493 e. The van der Waals surface area contributed by atoms with Gasteiger partial charge in [0.2, 0.25) is 0 Å². The number of anilines is 1. The number of rotatable bonds is 5. The van der Waals surface area contributed by atoms with Crippen LogP contribution in [0.4, 0.5) is 5.69 Å². The first-order chi connectivity index (χ1) is 12.1. The number of pyridine rings is 1. The molecule has 8 heteroatoms. The van der Waals surface area contributed by atoms with E-state index in [9.17, 15) is 9.59 Å². The molecular formula is C17H15N3O4S. The predicted octanol–water partition coefficient (Wildman–Crippen LogP) is 2.77. The van der Waals surface area contributed by atoms with E-state index in [1.54, 1.807) is 37.8 Å². The molecule has 0 aliphatic heterocycles. The maximum absolute atomic E-state index is 12.3. The molecule has 2 heterocycles. The van der Waals surface area contributed by atoms with Crippen LogP contribution in [0.15, 0.2) is 46.7 Å². The van der Waals surface area contributed by atoms with E-state index >= 15 is 0 Å². The summed E-state index contributed by atoms with van der Waals surface area (Å²) in [4.78, 5) is 30.7. The lowest BCUT2D eigenvalue weighted by Crippen LogP contribution is -2.19. The highest BCUT2D eigenvalue weighted by Crippen LogP contribution is 2.33. The monoisotopic (exact) mass is 357 g/mol. The fourth-order valence-electron chi connectivity index (χ4n) is 2.19. The van der Waals surface area contributed by atoms with E-state index in [0.29, 0.717) is 16.5 Å². The van der Waals surface area contributed by atoms with E-state index < -0.39 is 5.91 Å². The number of hydrogen-bond acceptors (Lipinski definition) is 6. The highest BCUT2D eigenvalue weighted by molar-refractivity contribution is 7.13. The van der Waals surface area contributed by atoms with Gasteiger partial charge in [0.15, 0.2) is 11.5 Å². The summed E-state index contributed by atoms with van der Waals surface area (Å²) in [6, 6.07) is 8.56. The molecule has 1 aromatic carbocycles. The molecule has 0 saturated carbocycles. The molecule has 7 nitrogen and oxygen atoms in total. The standard InChI is InChI=1S/C17H15N3O4S/c1-23-13-6-5-10(8-14(13)24-2)17-20-12(9-25-17)16(22)19-11-4-3-7-18-15(11)21/h3-9H,1-2H3,(H,18,21)(H,19,22). The summed E-state index contributed by atoms with van der Waals surface area (Å²) in [5.74, 6) is 0.751. The van der Waals surface area contributed by atoms with Crippen molar-refractivity contribution in [3.05, 3.63) is 58.0 Å². The van der Waals surface area contributed by atoms with Gasteiger partial charge in [0.1, 0.15) is 16.4 Å². The number of amides is 1. The Morgan fingerprint density at radius 3 is 2.72 bits per heavy atom. The Morgan fingerprint density at radius 1 is 1.20 bits per heavy atom. The minimum atomic E-state index is -0.445. The van der Waals surface area contributed by atoms with Crippen molar-refractivity contribution in [1.29, 1.82) is 0 Å². The van der Waals surface area contributed by atoms with Crippen molar-refractivity contribution in [2.24, 2.45) is 0 Å². The number of aromatic nitrogens is 2. The SMILES string of the molecule is COc1ccc(-c2nc(C(=O)Nc3ccc[nH]c3=O)cs2)cc1OC. The van der Waals surface area contributed by atoms with Crippen LogP contribution in [0, 0.1) is 0 Å². The van der Waals surface area contributed by atoms with Gasteiger partial charge in [0.25, 0.3) is 11.5 Å². The third kappa shape index (κ3) is 3.53.